The molecule has 3 aliphatic rings. The van der Waals surface area contributed by atoms with Gasteiger partial charge in [0.1, 0.15) is 5.82 Å². The SMILES string of the molecule is N#CC1CCC(CNc2nc(CC3CCC4CCCC4C3)nc(OCC(F)(F)F)n2)CC1. The summed E-state index contributed by atoms with van der Waals surface area (Å²) in [7, 11) is 0. The molecule has 4 rings (SSSR count). The summed E-state index contributed by atoms with van der Waals surface area (Å²) in [6, 6.07) is 2.06. The van der Waals surface area contributed by atoms with Crippen LogP contribution in [0.5, 0.6) is 6.01 Å². The molecule has 1 N–H and O–H groups in total. The summed E-state index contributed by atoms with van der Waals surface area (Å²) >= 11 is 0. The van der Waals surface area contributed by atoms with Crippen molar-refractivity contribution in [2.24, 2.45) is 29.6 Å². The topological polar surface area (TPSA) is 83.7 Å². The van der Waals surface area contributed by atoms with Crippen molar-refractivity contribution < 1.29 is 17.9 Å². The van der Waals surface area contributed by atoms with Crippen molar-refractivity contribution in [3.8, 4) is 12.1 Å². The van der Waals surface area contributed by atoms with Gasteiger partial charge in [0.05, 0.1) is 6.07 Å². The van der Waals surface area contributed by atoms with Gasteiger partial charge >= 0.3 is 12.2 Å². The summed E-state index contributed by atoms with van der Waals surface area (Å²) in [5.74, 6) is 3.41. The minimum absolute atomic E-state index is 0.132. The molecule has 3 fully saturated rings. The molecule has 0 saturated heterocycles. The third kappa shape index (κ3) is 6.46. The first kappa shape index (κ1) is 23.1. The Morgan fingerprint density at radius 2 is 1.69 bits per heavy atom. The van der Waals surface area contributed by atoms with Gasteiger partial charge < -0.3 is 10.1 Å². The van der Waals surface area contributed by atoms with Crippen LogP contribution in [0.4, 0.5) is 19.1 Å². The number of nitrogens with one attached hydrogen (secondary N) is 1. The molecule has 0 spiro atoms. The van der Waals surface area contributed by atoms with Crippen molar-refractivity contribution in [2.45, 2.75) is 76.8 Å². The fourth-order valence-electron chi connectivity index (χ4n) is 5.75. The Balaban J connectivity index is 1.40. The summed E-state index contributed by atoms with van der Waals surface area (Å²) in [5, 5.41) is 12.2. The standard InChI is InChI=1S/C23H32F3N5O/c24-23(25,26)14-32-22-30-20(11-17-8-9-18-2-1-3-19(18)10-17)29-21(31-22)28-13-16-6-4-15(12-27)5-7-16/h15-19H,1-11,13-14H2,(H,28,29,30,31). The van der Waals surface area contributed by atoms with Crippen LogP contribution < -0.4 is 10.1 Å². The van der Waals surface area contributed by atoms with Crippen LogP contribution in [-0.2, 0) is 6.42 Å². The smallest absolute Gasteiger partial charge is 0.422 e. The predicted molar refractivity (Wildman–Crippen MR) is 113 cm³/mol. The van der Waals surface area contributed by atoms with Gasteiger partial charge in [0.25, 0.3) is 0 Å². The van der Waals surface area contributed by atoms with E-state index in [0.717, 1.165) is 50.4 Å². The zero-order chi connectivity index (χ0) is 22.6. The van der Waals surface area contributed by atoms with E-state index < -0.39 is 12.8 Å². The fraction of sp³-hybridized carbons (Fsp3) is 0.826. The lowest BCUT2D eigenvalue weighted by Gasteiger charge is -2.31. The van der Waals surface area contributed by atoms with Crippen molar-refractivity contribution in [3.63, 3.8) is 0 Å². The zero-order valence-corrected chi connectivity index (χ0v) is 18.4. The molecule has 0 aromatic carbocycles. The molecule has 3 atom stereocenters. The van der Waals surface area contributed by atoms with Gasteiger partial charge in [-0.05, 0) is 68.6 Å². The number of hydrogen-bond acceptors (Lipinski definition) is 6. The number of halogens is 3. The van der Waals surface area contributed by atoms with Gasteiger partial charge in [0, 0.05) is 18.9 Å². The van der Waals surface area contributed by atoms with Crippen LogP contribution >= 0.6 is 0 Å². The van der Waals surface area contributed by atoms with Crippen molar-refractivity contribution in [3.05, 3.63) is 5.82 Å². The highest BCUT2D eigenvalue weighted by atomic mass is 19.4. The minimum atomic E-state index is -4.44. The molecule has 0 bridgehead atoms. The number of alkyl halides is 3. The van der Waals surface area contributed by atoms with Crippen LogP contribution in [0.3, 0.4) is 0 Å². The number of nitriles is 1. The average Bonchev–Trinajstić information content (AvgIpc) is 3.24. The molecule has 3 aliphatic carbocycles. The molecular weight excluding hydrogens is 419 g/mol. The molecule has 176 valence electrons. The van der Waals surface area contributed by atoms with Gasteiger partial charge in [0.2, 0.25) is 5.95 Å². The maximum atomic E-state index is 12.7. The van der Waals surface area contributed by atoms with Gasteiger partial charge in [-0.2, -0.15) is 33.4 Å². The Kier molecular flexibility index (Phi) is 7.37. The second-order valence-corrected chi connectivity index (χ2v) is 9.82. The maximum Gasteiger partial charge on any atom is 0.422 e. The van der Waals surface area contributed by atoms with Crippen LogP contribution in [-0.4, -0.2) is 34.3 Å². The second-order valence-electron chi connectivity index (χ2n) is 9.82. The Morgan fingerprint density at radius 1 is 0.938 bits per heavy atom. The van der Waals surface area contributed by atoms with E-state index in [1.807, 2.05) is 0 Å². The molecule has 1 aromatic heterocycles. The second kappa shape index (κ2) is 10.2. The normalized spacial score (nSPS) is 30.4. The number of nitrogens with zero attached hydrogens (tertiary/aromatic N) is 4. The van der Waals surface area contributed by atoms with E-state index in [0.29, 0.717) is 30.6 Å². The number of anilines is 1. The van der Waals surface area contributed by atoms with Crippen LogP contribution in [0.1, 0.15) is 70.0 Å². The number of fused-ring (bicyclic) bond motifs is 1. The first-order valence-corrected chi connectivity index (χ1v) is 12.0. The molecule has 0 amide bonds. The minimum Gasteiger partial charge on any atom is -0.454 e. The van der Waals surface area contributed by atoms with Gasteiger partial charge in [-0.1, -0.05) is 19.3 Å². The maximum absolute atomic E-state index is 12.7. The van der Waals surface area contributed by atoms with E-state index in [1.54, 1.807) is 0 Å². The monoisotopic (exact) mass is 451 g/mol. The highest BCUT2D eigenvalue weighted by Gasteiger charge is 2.34. The van der Waals surface area contributed by atoms with Crippen molar-refractivity contribution in [2.75, 3.05) is 18.5 Å². The third-order valence-corrected chi connectivity index (χ3v) is 7.47. The van der Waals surface area contributed by atoms with E-state index in [2.05, 4.69) is 26.3 Å². The number of ether oxygens (including phenoxy) is 1. The molecule has 1 aromatic rings. The van der Waals surface area contributed by atoms with E-state index in [9.17, 15) is 13.2 Å². The lowest BCUT2D eigenvalue weighted by Crippen LogP contribution is -2.25. The van der Waals surface area contributed by atoms with E-state index in [4.69, 9.17) is 10.00 Å². The van der Waals surface area contributed by atoms with Gasteiger partial charge in [-0.15, -0.1) is 0 Å². The summed E-state index contributed by atoms with van der Waals surface area (Å²) in [5.41, 5.74) is 0. The van der Waals surface area contributed by atoms with Crippen molar-refractivity contribution in [1.82, 2.24) is 15.0 Å². The molecule has 1 heterocycles. The van der Waals surface area contributed by atoms with Gasteiger partial charge in [-0.3, -0.25) is 0 Å². The van der Waals surface area contributed by atoms with Crippen molar-refractivity contribution in [1.29, 1.82) is 5.26 Å². The first-order valence-electron chi connectivity index (χ1n) is 12.0. The Hall–Kier alpha value is -2.11. The Labute approximate surface area is 187 Å². The van der Waals surface area contributed by atoms with E-state index in [-0.39, 0.29) is 17.9 Å². The fourth-order valence-corrected chi connectivity index (χ4v) is 5.75. The molecule has 6 nitrogen and oxygen atoms in total. The van der Waals surface area contributed by atoms with Gasteiger partial charge in [-0.25, -0.2) is 0 Å². The number of rotatable bonds is 7. The highest BCUT2D eigenvalue weighted by Crippen LogP contribution is 2.44. The Morgan fingerprint density at radius 3 is 2.44 bits per heavy atom. The van der Waals surface area contributed by atoms with Gasteiger partial charge in [0.15, 0.2) is 6.61 Å². The average molecular weight is 452 g/mol. The quantitative estimate of drug-likeness (QED) is 0.605. The number of hydrogen-bond donors (Lipinski definition) is 1. The van der Waals surface area contributed by atoms with E-state index in [1.165, 1.54) is 25.7 Å². The van der Waals surface area contributed by atoms with Crippen molar-refractivity contribution >= 4 is 5.95 Å². The predicted octanol–water partition coefficient (Wildman–Crippen LogP) is 5.31. The van der Waals surface area contributed by atoms with Crippen LogP contribution in [0.25, 0.3) is 0 Å². The van der Waals surface area contributed by atoms with E-state index >= 15 is 0 Å². The molecular formula is C23H32F3N5O. The number of aromatic nitrogens is 3. The summed E-state index contributed by atoms with van der Waals surface area (Å²) in [6.07, 6.45) is 7.32. The largest absolute Gasteiger partial charge is 0.454 e. The third-order valence-electron chi connectivity index (χ3n) is 7.47. The Bertz CT molecular complexity index is 804. The lowest BCUT2D eigenvalue weighted by molar-refractivity contribution is -0.154. The highest BCUT2D eigenvalue weighted by molar-refractivity contribution is 5.26. The molecule has 3 unspecified atom stereocenters. The molecule has 9 heteroatoms. The zero-order valence-electron chi connectivity index (χ0n) is 18.4. The van der Waals surface area contributed by atoms with Crippen LogP contribution in [0.15, 0.2) is 0 Å². The molecule has 0 radical (unpaired) electrons. The molecule has 3 saturated carbocycles. The molecule has 32 heavy (non-hydrogen) atoms. The lowest BCUT2D eigenvalue weighted by atomic mass is 9.75. The van der Waals surface area contributed by atoms with Crippen LogP contribution in [0, 0.1) is 40.9 Å². The summed E-state index contributed by atoms with van der Waals surface area (Å²) < 4.78 is 42.8. The molecule has 0 aliphatic heterocycles. The summed E-state index contributed by atoms with van der Waals surface area (Å²) in [4.78, 5) is 12.8. The summed E-state index contributed by atoms with van der Waals surface area (Å²) in [6.45, 7) is -0.783. The first-order chi connectivity index (χ1) is 15.4. The van der Waals surface area contributed by atoms with Crippen LogP contribution in [0.2, 0.25) is 0 Å².